The number of aromatic nitrogens is 4. The molecule has 1 N–H and O–H groups in total. The number of hydrogen-bond donors (Lipinski definition) is 1. The summed E-state index contributed by atoms with van der Waals surface area (Å²) in [5, 5.41) is 7.44. The molecule has 0 spiro atoms. The lowest BCUT2D eigenvalue weighted by Crippen LogP contribution is -2.36. The second-order valence-electron chi connectivity index (χ2n) is 6.75. The van der Waals surface area contributed by atoms with E-state index in [9.17, 15) is 9.59 Å². The van der Waals surface area contributed by atoms with Gasteiger partial charge < -0.3 is 10.1 Å². The predicted molar refractivity (Wildman–Crippen MR) is 101 cm³/mol. The van der Waals surface area contributed by atoms with Crippen molar-refractivity contribution in [3.05, 3.63) is 52.7 Å². The number of fused-ring (bicyclic) bond motifs is 1. The summed E-state index contributed by atoms with van der Waals surface area (Å²) in [6, 6.07) is 7.41. The van der Waals surface area contributed by atoms with Gasteiger partial charge in [0.25, 0.3) is 5.56 Å². The Labute approximate surface area is 156 Å². The third-order valence-electron chi connectivity index (χ3n) is 4.49. The molecule has 1 amide bonds. The molecule has 8 heteroatoms. The number of nitrogens with one attached hydrogen (secondary N) is 1. The van der Waals surface area contributed by atoms with Crippen LogP contribution in [0.25, 0.3) is 11.0 Å². The van der Waals surface area contributed by atoms with E-state index in [4.69, 9.17) is 4.74 Å². The maximum Gasteiger partial charge on any atom is 0.264 e. The average Bonchev–Trinajstić information content (AvgIpc) is 3.03. The van der Waals surface area contributed by atoms with Crippen LogP contribution in [0.4, 0.5) is 0 Å². The number of carbonyl (C=O) groups excluding carboxylic acids is 1. The summed E-state index contributed by atoms with van der Waals surface area (Å²) in [6.45, 7) is 3.96. The van der Waals surface area contributed by atoms with Gasteiger partial charge in [0.2, 0.25) is 5.91 Å². The number of hydrogen-bond acceptors (Lipinski definition) is 5. The molecule has 0 radical (unpaired) electrons. The molecule has 1 aromatic carbocycles. The minimum atomic E-state index is -0.284. The number of ether oxygens (including phenoxy) is 1. The van der Waals surface area contributed by atoms with Crippen molar-refractivity contribution in [1.29, 1.82) is 0 Å². The molecule has 2 heterocycles. The van der Waals surface area contributed by atoms with Gasteiger partial charge in [0.05, 0.1) is 19.3 Å². The van der Waals surface area contributed by atoms with Crippen molar-refractivity contribution in [3.8, 4) is 5.75 Å². The van der Waals surface area contributed by atoms with Gasteiger partial charge in [-0.25, -0.2) is 4.98 Å². The molecule has 3 rings (SSSR count). The predicted octanol–water partition coefficient (Wildman–Crippen LogP) is 1.65. The van der Waals surface area contributed by atoms with Gasteiger partial charge >= 0.3 is 0 Å². The topological polar surface area (TPSA) is 91.0 Å². The zero-order chi connectivity index (χ0) is 19.6. The summed E-state index contributed by atoms with van der Waals surface area (Å²) in [7, 11) is 3.33. The van der Waals surface area contributed by atoms with Crippen molar-refractivity contribution in [2.75, 3.05) is 7.11 Å². The van der Waals surface area contributed by atoms with Crippen molar-refractivity contribution in [1.82, 2.24) is 24.6 Å². The van der Waals surface area contributed by atoms with E-state index in [1.165, 1.54) is 21.8 Å². The second kappa shape index (κ2) is 7.61. The lowest BCUT2D eigenvalue weighted by molar-refractivity contribution is -0.122. The Morgan fingerprint density at radius 1 is 1.26 bits per heavy atom. The molecule has 1 atom stereocenters. The van der Waals surface area contributed by atoms with Crippen LogP contribution in [0.1, 0.15) is 25.5 Å². The molecule has 0 unspecified atom stereocenters. The maximum absolute atomic E-state index is 12.6. The number of methoxy groups -OCH3 is 1. The van der Waals surface area contributed by atoms with Gasteiger partial charge in [0.15, 0.2) is 5.65 Å². The Morgan fingerprint density at radius 3 is 2.59 bits per heavy atom. The molecule has 0 fully saturated rings. The molecule has 0 bridgehead atoms. The Hall–Kier alpha value is -3.16. The van der Waals surface area contributed by atoms with E-state index < -0.39 is 0 Å². The molecule has 8 nitrogen and oxygen atoms in total. The standard InChI is InChI=1S/C19H23N5O3/c1-12(2)17(13-5-7-14(27-4)8-6-13)22-16(25)10-24-11-20-18-15(19(24)26)9-21-23(18)3/h5-9,11-12,17H,10H2,1-4H3,(H,22,25)/t17-/m0/s1. The zero-order valence-corrected chi connectivity index (χ0v) is 15.8. The molecule has 3 aromatic rings. The summed E-state index contributed by atoms with van der Waals surface area (Å²) < 4.78 is 8.00. The highest BCUT2D eigenvalue weighted by Crippen LogP contribution is 2.23. The number of benzene rings is 1. The summed E-state index contributed by atoms with van der Waals surface area (Å²) in [6.07, 6.45) is 2.84. The van der Waals surface area contributed by atoms with Gasteiger partial charge in [-0.05, 0) is 23.6 Å². The van der Waals surface area contributed by atoms with E-state index in [0.717, 1.165) is 11.3 Å². The van der Waals surface area contributed by atoms with Crippen LogP contribution in [-0.4, -0.2) is 32.3 Å². The number of aryl methyl sites for hydroxylation is 1. The van der Waals surface area contributed by atoms with Crippen LogP contribution in [0.15, 0.2) is 41.6 Å². The summed E-state index contributed by atoms with van der Waals surface area (Å²) in [4.78, 5) is 29.3. The van der Waals surface area contributed by atoms with Crippen LogP contribution in [-0.2, 0) is 18.4 Å². The first-order chi connectivity index (χ1) is 12.9. The van der Waals surface area contributed by atoms with Gasteiger partial charge in [-0.1, -0.05) is 26.0 Å². The fourth-order valence-corrected chi connectivity index (χ4v) is 3.00. The third-order valence-corrected chi connectivity index (χ3v) is 4.49. The van der Waals surface area contributed by atoms with E-state index in [1.54, 1.807) is 14.2 Å². The summed E-state index contributed by atoms with van der Waals surface area (Å²) in [5.74, 6) is 0.685. The molecule has 0 saturated heterocycles. The Kier molecular flexibility index (Phi) is 5.25. The molecular formula is C19H23N5O3. The van der Waals surface area contributed by atoms with Crippen LogP contribution < -0.4 is 15.6 Å². The first kappa shape index (κ1) is 18.6. The molecular weight excluding hydrogens is 346 g/mol. The smallest absolute Gasteiger partial charge is 0.264 e. The average molecular weight is 369 g/mol. The van der Waals surface area contributed by atoms with Crippen LogP contribution in [0.5, 0.6) is 5.75 Å². The minimum Gasteiger partial charge on any atom is -0.497 e. The molecule has 0 aliphatic carbocycles. The fourth-order valence-electron chi connectivity index (χ4n) is 3.00. The highest BCUT2D eigenvalue weighted by Gasteiger charge is 2.19. The number of carbonyl (C=O) groups is 1. The second-order valence-corrected chi connectivity index (χ2v) is 6.75. The van der Waals surface area contributed by atoms with Crippen molar-refractivity contribution >= 4 is 16.9 Å². The van der Waals surface area contributed by atoms with Crippen LogP contribution in [0.2, 0.25) is 0 Å². The highest BCUT2D eigenvalue weighted by atomic mass is 16.5. The van der Waals surface area contributed by atoms with Gasteiger partial charge in [-0.3, -0.25) is 18.8 Å². The number of amides is 1. The quantitative estimate of drug-likeness (QED) is 0.713. The van der Waals surface area contributed by atoms with Gasteiger partial charge in [0.1, 0.15) is 24.0 Å². The molecule has 2 aromatic heterocycles. The van der Waals surface area contributed by atoms with Crippen LogP contribution >= 0.6 is 0 Å². The molecule has 0 saturated carbocycles. The molecule has 27 heavy (non-hydrogen) atoms. The lowest BCUT2D eigenvalue weighted by Gasteiger charge is -2.23. The third kappa shape index (κ3) is 3.84. The van der Waals surface area contributed by atoms with Crippen molar-refractivity contribution in [2.45, 2.75) is 26.4 Å². The monoisotopic (exact) mass is 369 g/mol. The molecule has 0 aliphatic heterocycles. The Bertz CT molecular complexity index is 1000. The minimum absolute atomic E-state index is 0.101. The first-order valence-electron chi connectivity index (χ1n) is 8.71. The van der Waals surface area contributed by atoms with Gasteiger partial charge in [-0.2, -0.15) is 5.10 Å². The largest absolute Gasteiger partial charge is 0.497 e. The lowest BCUT2D eigenvalue weighted by atomic mass is 9.96. The Morgan fingerprint density at radius 2 is 1.96 bits per heavy atom. The van der Waals surface area contributed by atoms with E-state index in [0.29, 0.717) is 11.0 Å². The van der Waals surface area contributed by atoms with Gasteiger partial charge in [0, 0.05) is 7.05 Å². The highest BCUT2D eigenvalue weighted by molar-refractivity contribution is 5.77. The van der Waals surface area contributed by atoms with Crippen molar-refractivity contribution < 1.29 is 9.53 Å². The molecule has 142 valence electrons. The van der Waals surface area contributed by atoms with E-state index >= 15 is 0 Å². The van der Waals surface area contributed by atoms with E-state index in [1.807, 2.05) is 38.1 Å². The first-order valence-corrected chi connectivity index (χ1v) is 8.71. The van der Waals surface area contributed by atoms with Crippen molar-refractivity contribution in [2.24, 2.45) is 13.0 Å². The van der Waals surface area contributed by atoms with E-state index in [-0.39, 0.29) is 30.0 Å². The summed E-state index contributed by atoms with van der Waals surface area (Å²) in [5.41, 5.74) is 1.19. The van der Waals surface area contributed by atoms with Gasteiger partial charge in [-0.15, -0.1) is 0 Å². The molecule has 0 aliphatic rings. The van der Waals surface area contributed by atoms with Crippen molar-refractivity contribution in [3.63, 3.8) is 0 Å². The van der Waals surface area contributed by atoms with E-state index in [2.05, 4.69) is 15.4 Å². The normalized spacial score (nSPS) is 12.3. The van der Waals surface area contributed by atoms with Crippen LogP contribution in [0.3, 0.4) is 0 Å². The van der Waals surface area contributed by atoms with Crippen LogP contribution in [0, 0.1) is 5.92 Å². The maximum atomic E-state index is 12.6. The fraction of sp³-hybridized carbons (Fsp3) is 0.368. The summed E-state index contributed by atoms with van der Waals surface area (Å²) >= 11 is 0. The number of nitrogens with zero attached hydrogens (tertiary/aromatic N) is 4. The SMILES string of the molecule is COc1ccc([C@@H](NC(=O)Cn2cnc3c(cnn3C)c2=O)C(C)C)cc1. The number of rotatable bonds is 6. The Balaban J connectivity index is 1.78. The zero-order valence-electron chi connectivity index (χ0n) is 15.8.